The van der Waals surface area contributed by atoms with Gasteiger partial charge in [-0.25, -0.2) is 0 Å². The molecule has 0 heterocycles. The lowest BCUT2D eigenvalue weighted by Gasteiger charge is -2.11. The van der Waals surface area contributed by atoms with Crippen molar-refractivity contribution < 1.29 is 17.9 Å². The van der Waals surface area contributed by atoms with Crippen LogP contribution in [0, 0.1) is 14.0 Å². The van der Waals surface area contributed by atoms with Gasteiger partial charge < -0.3 is 10.1 Å². The van der Waals surface area contributed by atoms with Crippen molar-refractivity contribution in [2.75, 3.05) is 17.6 Å². The molecule has 2 rings (SSSR count). The maximum absolute atomic E-state index is 12.5. The third kappa shape index (κ3) is 5.74. The summed E-state index contributed by atoms with van der Waals surface area (Å²) >= 11 is 1.62. The number of hydrogen-bond acceptors (Lipinski definition) is 3. The van der Waals surface area contributed by atoms with Gasteiger partial charge in [0.15, 0.2) is 7.11 Å². The SMILES string of the molecule is [CH]Oc1ccc(SCC(=C)CNc2ccc(C(F)(F)F)cc2)cc1C. The summed E-state index contributed by atoms with van der Waals surface area (Å²) in [6.45, 7) is 6.39. The normalized spacial score (nSPS) is 11.2. The molecule has 0 bridgehead atoms. The van der Waals surface area contributed by atoms with Gasteiger partial charge in [0.2, 0.25) is 0 Å². The van der Waals surface area contributed by atoms with E-state index in [9.17, 15) is 13.2 Å². The van der Waals surface area contributed by atoms with Crippen molar-refractivity contribution in [2.24, 2.45) is 0 Å². The van der Waals surface area contributed by atoms with Gasteiger partial charge in [-0.2, -0.15) is 13.2 Å². The number of ether oxygens (including phenoxy) is 1. The van der Waals surface area contributed by atoms with Crippen LogP contribution < -0.4 is 10.1 Å². The number of rotatable bonds is 7. The Kier molecular flexibility index (Phi) is 6.42. The lowest BCUT2D eigenvalue weighted by Crippen LogP contribution is -2.07. The van der Waals surface area contributed by atoms with Crippen molar-refractivity contribution >= 4 is 17.4 Å². The minimum absolute atomic E-state index is 0.487. The Morgan fingerprint density at radius 1 is 1.20 bits per heavy atom. The average molecular weight is 365 g/mol. The highest BCUT2D eigenvalue weighted by Crippen LogP contribution is 2.30. The van der Waals surface area contributed by atoms with E-state index < -0.39 is 11.7 Å². The molecule has 0 unspecified atom stereocenters. The van der Waals surface area contributed by atoms with Crippen molar-refractivity contribution in [2.45, 2.75) is 18.0 Å². The molecule has 0 saturated carbocycles. The molecule has 0 aromatic heterocycles. The van der Waals surface area contributed by atoms with Crippen molar-refractivity contribution in [3.05, 3.63) is 72.9 Å². The molecule has 2 radical (unpaired) electrons. The molecule has 0 saturated heterocycles. The molecule has 2 aromatic rings. The first kappa shape index (κ1) is 19.2. The molecule has 132 valence electrons. The smallest absolute Gasteiger partial charge is 0.416 e. The number of aryl methyl sites for hydroxylation is 1. The van der Waals surface area contributed by atoms with Crippen LogP contribution in [0.15, 0.2) is 59.5 Å². The van der Waals surface area contributed by atoms with E-state index in [2.05, 4.69) is 11.9 Å². The van der Waals surface area contributed by atoms with Crippen LogP contribution >= 0.6 is 11.8 Å². The van der Waals surface area contributed by atoms with Crippen LogP contribution in [-0.4, -0.2) is 12.3 Å². The zero-order valence-electron chi connectivity index (χ0n) is 13.7. The third-order valence-electron chi connectivity index (χ3n) is 3.47. The Morgan fingerprint density at radius 3 is 2.44 bits per heavy atom. The Bertz CT molecular complexity index is 726. The predicted octanol–water partition coefficient (Wildman–Crippen LogP) is 5.82. The molecule has 0 aliphatic rings. The molecule has 2 aromatic carbocycles. The van der Waals surface area contributed by atoms with E-state index in [1.165, 1.54) is 12.1 Å². The second-order valence-corrected chi connectivity index (χ2v) is 6.56. The van der Waals surface area contributed by atoms with Gasteiger partial charge in [-0.1, -0.05) is 6.58 Å². The first-order valence-corrected chi connectivity index (χ1v) is 8.46. The summed E-state index contributed by atoms with van der Waals surface area (Å²) in [6.07, 6.45) is -4.32. The van der Waals surface area contributed by atoms with Crippen LogP contribution in [0.2, 0.25) is 0 Å². The van der Waals surface area contributed by atoms with Crippen LogP contribution in [0.3, 0.4) is 0 Å². The van der Waals surface area contributed by atoms with E-state index >= 15 is 0 Å². The van der Waals surface area contributed by atoms with E-state index in [0.717, 1.165) is 28.2 Å². The fourth-order valence-corrected chi connectivity index (χ4v) is 2.98. The number of alkyl halides is 3. The average Bonchev–Trinajstić information content (AvgIpc) is 2.58. The largest absolute Gasteiger partial charge is 0.482 e. The number of hydrogen-bond donors (Lipinski definition) is 1. The van der Waals surface area contributed by atoms with E-state index in [-0.39, 0.29) is 0 Å². The van der Waals surface area contributed by atoms with Gasteiger partial charge in [0.05, 0.1) is 5.56 Å². The topological polar surface area (TPSA) is 21.3 Å². The first-order chi connectivity index (χ1) is 11.8. The standard InChI is InChI=1S/C19H18F3NOS/c1-13(12-25-17-8-9-18(24-3)14(2)10-17)11-23-16-6-4-15(5-7-16)19(20,21)22/h3-10,23H,1,11-12H2,2H3. The van der Waals surface area contributed by atoms with E-state index in [1.807, 2.05) is 19.1 Å². The summed E-state index contributed by atoms with van der Waals surface area (Å²) in [5.74, 6) is 1.32. The molecule has 2 nitrogen and oxygen atoms in total. The molecular formula is C19H18F3NOS. The van der Waals surface area contributed by atoms with Gasteiger partial charge in [-0.15, -0.1) is 11.8 Å². The molecule has 0 amide bonds. The highest BCUT2D eigenvalue weighted by molar-refractivity contribution is 7.99. The van der Waals surface area contributed by atoms with Crippen LogP contribution in [0.5, 0.6) is 5.75 Å². The second-order valence-electron chi connectivity index (χ2n) is 5.51. The Labute approximate surface area is 150 Å². The minimum Gasteiger partial charge on any atom is -0.482 e. The zero-order chi connectivity index (χ0) is 18.4. The minimum atomic E-state index is -4.32. The number of benzene rings is 2. The molecule has 6 heteroatoms. The number of thioether (sulfide) groups is 1. The summed E-state index contributed by atoms with van der Waals surface area (Å²) in [5, 5.41) is 3.07. The second kappa shape index (κ2) is 8.34. The first-order valence-electron chi connectivity index (χ1n) is 7.47. The molecule has 0 aliphatic heterocycles. The molecule has 1 N–H and O–H groups in total. The number of anilines is 1. The van der Waals surface area contributed by atoms with Crippen LogP contribution in [-0.2, 0) is 6.18 Å². The monoisotopic (exact) mass is 365 g/mol. The van der Waals surface area contributed by atoms with E-state index in [1.54, 1.807) is 17.8 Å². The zero-order valence-corrected chi connectivity index (χ0v) is 14.5. The van der Waals surface area contributed by atoms with E-state index in [0.29, 0.717) is 23.7 Å². The Morgan fingerprint density at radius 2 is 1.88 bits per heavy atom. The summed E-state index contributed by atoms with van der Waals surface area (Å²) < 4.78 is 42.3. The maximum Gasteiger partial charge on any atom is 0.416 e. The Balaban J connectivity index is 1.82. The van der Waals surface area contributed by atoms with Gasteiger partial charge in [0.1, 0.15) is 5.75 Å². The van der Waals surface area contributed by atoms with Gasteiger partial charge >= 0.3 is 6.18 Å². The molecule has 0 spiro atoms. The van der Waals surface area contributed by atoms with Crippen LogP contribution in [0.25, 0.3) is 0 Å². The van der Waals surface area contributed by atoms with Crippen LogP contribution in [0.4, 0.5) is 18.9 Å². The molecule has 0 atom stereocenters. The van der Waals surface area contributed by atoms with Gasteiger partial charge in [0, 0.05) is 22.9 Å². The molecule has 0 aliphatic carbocycles. The van der Waals surface area contributed by atoms with Crippen molar-refractivity contribution in [1.82, 2.24) is 0 Å². The lowest BCUT2D eigenvalue weighted by molar-refractivity contribution is -0.137. The quantitative estimate of drug-likeness (QED) is 0.493. The fraction of sp³-hybridized carbons (Fsp3) is 0.211. The maximum atomic E-state index is 12.5. The summed E-state index contributed by atoms with van der Waals surface area (Å²) in [4.78, 5) is 1.06. The summed E-state index contributed by atoms with van der Waals surface area (Å²) in [7, 11) is 5.16. The summed E-state index contributed by atoms with van der Waals surface area (Å²) in [5.41, 5.74) is 1.84. The van der Waals surface area contributed by atoms with Crippen LogP contribution in [0.1, 0.15) is 11.1 Å². The number of nitrogens with one attached hydrogen (secondary N) is 1. The summed E-state index contributed by atoms with van der Waals surface area (Å²) in [6, 6.07) is 10.6. The van der Waals surface area contributed by atoms with Gasteiger partial charge in [-0.3, -0.25) is 0 Å². The van der Waals surface area contributed by atoms with Crippen molar-refractivity contribution in [3.8, 4) is 5.75 Å². The fourth-order valence-electron chi connectivity index (χ4n) is 2.08. The van der Waals surface area contributed by atoms with Gasteiger partial charge in [-0.05, 0) is 60.5 Å². The van der Waals surface area contributed by atoms with E-state index in [4.69, 9.17) is 11.8 Å². The lowest BCUT2D eigenvalue weighted by atomic mass is 10.2. The predicted molar refractivity (Wildman–Crippen MR) is 95.9 cm³/mol. The molecular weight excluding hydrogens is 347 g/mol. The Hall–Kier alpha value is -2.08. The van der Waals surface area contributed by atoms with Gasteiger partial charge in [0.25, 0.3) is 0 Å². The molecule has 25 heavy (non-hydrogen) atoms. The highest BCUT2D eigenvalue weighted by Gasteiger charge is 2.29. The number of halogens is 3. The van der Waals surface area contributed by atoms with Crippen molar-refractivity contribution in [3.63, 3.8) is 0 Å². The molecule has 0 fully saturated rings. The van der Waals surface area contributed by atoms with Crippen molar-refractivity contribution in [1.29, 1.82) is 0 Å². The highest BCUT2D eigenvalue weighted by atomic mass is 32.2. The third-order valence-corrected chi connectivity index (χ3v) is 4.61.